The number of hydrogen-bond acceptors (Lipinski definition) is 6. The van der Waals surface area contributed by atoms with Crippen LogP contribution in [-0.4, -0.2) is 57.1 Å². The molecule has 1 amide bonds. The van der Waals surface area contributed by atoms with E-state index in [1.54, 1.807) is 12.1 Å². The lowest BCUT2D eigenvalue weighted by Crippen LogP contribution is -2.37. The minimum atomic E-state index is -0.150. The van der Waals surface area contributed by atoms with E-state index in [-0.39, 0.29) is 24.3 Å². The van der Waals surface area contributed by atoms with Gasteiger partial charge < -0.3 is 19.5 Å². The standard InChI is InChI=1S/C23H28N2O5/c1-28-20-12-17(13-21(29-2)23(20)30-3)24-22(27)15-25-11-7-10-18(25)14-19(26)16-8-5-4-6-9-16/h4-6,8-9,12-13,18H,7,10-11,14-15H2,1-3H3,(H,24,27). The normalized spacial score (nSPS) is 16.2. The number of ether oxygens (including phenoxy) is 3. The lowest BCUT2D eigenvalue weighted by molar-refractivity contribution is -0.117. The molecule has 1 aliphatic rings. The van der Waals surface area contributed by atoms with Gasteiger partial charge >= 0.3 is 0 Å². The lowest BCUT2D eigenvalue weighted by atomic mass is 10.0. The molecule has 2 aromatic rings. The molecule has 30 heavy (non-hydrogen) atoms. The van der Waals surface area contributed by atoms with Crippen molar-refractivity contribution in [2.75, 3.05) is 39.7 Å². The van der Waals surface area contributed by atoms with Crippen LogP contribution >= 0.6 is 0 Å². The fourth-order valence-electron chi connectivity index (χ4n) is 3.83. The molecule has 1 unspecified atom stereocenters. The summed E-state index contributed by atoms with van der Waals surface area (Å²) in [5.74, 6) is 1.37. The lowest BCUT2D eigenvalue weighted by Gasteiger charge is -2.23. The van der Waals surface area contributed by atoms with E-state index in [0.717, 1.165) is 19.4 Å². The van der Waals surface area contributed by atoms with Gasteiger partial charge in [-0.3, -0.25) is 14.5 Å². The highest BCUT2D eigenvalue weighted by Gasteiger charge is 2.28. The van der Waals surface area contributed by atoms with Crippen molar-refractivity contribution in [2.45, 2.75) is 25.3 Å². The summed E-state index contributed by atoms with van der Waals surface area (Å²) in [5.41, 5.74) is 1.27. The van der Waals surface area contributed by atoms with Gasteiger partial charge in [-0.25, -0.2) is 0 Å². The van der Waals surface area contributed by atoms with Crippen LogP contribution in [0.4, 0.5) is 5.69 Å². The molecule has 0 spiro atoms. The number of anilines is 1. The summed E-state index contributed by atoms with van der Waals surface area (Å²) >= 11 is 0. The number of Topliss-reactive ketones (excluding diaryl/α,β-unsaturated/α-hetero) is 1. The molecular formula is C23H28N2O5. The molecule has 0 bridgehead atoms. The van der Waals surface area contributed by atoms with E-state index in [1.807, 2.05) is 30.3 Å². The van der Waals surface area contributed by atoms with Gasteiger partial charge in [-0.2, -0.15) is 0 Å². The summed E-state index contributed by atoms with van der Waals surface area (Å²) < 4.78 is 16.0. The summed E-state index contributed by atoms with van der Waals surface area (Å²) in [6, 6.07) is 12.8. The third-order valence-electron chi connectivity index (χ3n) is 5.31. The number of methoxy groups -OCH3 is 3. The number of ketones is 1. The molecule has 1 fully saturated rings. The number of hydrogen-bond donors (Lipinski definition) is 1. The van der Waals surface area contributed by atoms with Crippen LogP contribution in [0.25, 0.3) is 0 Å². The zero-order valence-corrected chi connectivity index (χ0v) is 17.6. The van der Waals surface area contributed by atoms with Crippen LogP contribution in [0.1, 0.15) is 29.6 Å². The number of likely N-dealkylation sites (tertiary alicyclic amines) is 1. The van der Waals surface area contributed by atoms with Crippen molar-refractivity contribution in [3.05, 3.63) is 48.0 Å². The number of rotatable bonds is 9. The smallest absolute Gasteiger partial charge is 0.238 e. The number of benzene rings is 2. The monoisotopic (exact) mass is 412 g/mol. The van der Waals surface area contributed by atoms with Crippen LogP contribution in [0.15, 0.2) is 42.5 Å². The second-order valence-electron chi connectivity index (χ2n) is 7.22. The highest BCUT2D eigenvalue weighted by atomic mass is 16.5. The molecule has 1 atom stereocenters. The average Bonchev–Trinajstić information content (AvgIpc) is 3.19. The molecule has 0 radical (unpaired) electrons. The van der Waals surface area contributed by atoms with Crippen molar-refractivity contribution in [1.29, 1.82) is 0 Å². The van der Waals surface area contributed by atoms with E-state index in [1.165, 1.54) is 21.3 Å². The Kier molecular flexibility index (Phi) is 7.30. The van der Waals surface area contributed by atoms with Gasteiger partial charge in [0.25, 0.3) is 0 Å². The third kappa shape index (κ3) is 5.10. The summed E-state index contributed by atoms with van der Waals surface area (Å²) in [6.45, 7) is 1.03. The van der Waals surface area contributed by atoms with Gasteiger partial charge in [0.15, 0.2) is 17.3 Å². The first kappa shape index (κ1) is 21.6. The molecule has 0 aromatic heterocycles. The zero-order valence-electron chi connectivity index (χ0n) is 17.6. The van der Waals surface area contributed by atoms with Gasteiger partial charge in [0, 0.05) is 35.8 Å². The van der Waals surface area contributed by atoms with Crippen LogP contribution in [0.2, 0.25) is 0 Å². The summed E-state index contributed by atoms with van der Waals surface area (Å²) in [5, 5.41) is 2.89. The largest absolute Gasteiger partial charge is 0.493 e. The molecule has 2 aromatic carbocycles. The topological polar surface area (TPSA) is 77.1 Å². The molecule has 1 N–H and O–H groups in total. The molecule has 7 heteroatoms. The van der Waals surface area contributed by atoms with Gasteiger partial charge in [0.2, 0.25) is 11.7 Å². The van der Waals surface area contributed by atoms with Crippen molar-refractivity contribution in [2.24, 2.45) is 0 Å². The van der Waals surface area contributed by atoms with Crippen molar-refractivity contribution in [3.63, 3.8) is 0 Å². The predicted octanol–water partition coefficient (Wildman–Crippen LogP) is 3.39. The van der Waals surface area contributed by atoms with Crippen molar-refractivity contribution < 1.29 is 23.8 Å². The molecule has 7 nitrogen and oxygen atoms in total. The Balaban J connectivity index is 1.63. The van der Waals surface area contributed by atoms with E-state index in [4.69, 9.17) is 14.2 Å². The Morgan fingerprint density at radius 1 is 1.03 bits per heavy atom. The fourth-order valence-corrected chi connectivity index (χ4v) is 3.83. The van der Waals surface area contributed by atoms with Gasteiger partial charge in [-0.15, -0.1) is 0 Å². The van der Waals surface area contributed by atoms with Gasteiger partial charge in [0.1, 0.15) is 0 Å². The molecule has 0 aliphatic carbocycles. The number of carbonyl (C=O) groups is 2. The maximum atomic E-state index is 12.7. The van der Waals surface area contributed by atoms with E-state index in [0.29, 0.717) is 34.9 Å². The molecule has 1 saturated heterocycles. The maximum absolute atomic E-state index is 12.7. The fraction of sp³-hybridized carbons (Fsp3) is 0.391. The Labute approximate surface area is 176 Å². The second-order valence-corrected chi connectivity index (χ2v) is 7.22. The van der Waals surface area contributed by atoms with Crippen molar-refractivity contribution >= 4 is 17.4 Å². The van der Waals surface area contributed by atoms with Crippen LogP contribution in [-0.2, 0) is 4.79 Å². The van der Waals surface area contributed by atoms with Crippen LogP contribution in [0, 0.1) is 0 Å². The van der Waals surface area contributed by atoms with Crippen molar-refractivity contribution in [3.8, 4) is 17.2 Å². The molecular weight excluding hydrogens is 384 g/mol. The molecule has 3 rings (SSSR count). The Morgan fingerprint density at radius 2 is 1.70 bits per heavy atom. The average molecular weight is 412 g/mol. The molecule has 160 valence electrons. The first-order chi connectivity index (χ1) is 14.5. The Hall–Kier alpha value is -3.06. The highest BCUT2D eigenvalue weighted by Crippen LogP contribution is 2.39. The number of carbonyl (C=O) groups excluding carboxylic acids is 2. The van der Waals surface area contributed by atoms with Gasteiger partial charge in [0.05, 0.1) is 27.9 Å². The van der Waals surface area contributed by atoms with Crippen molar-refractivity contribution in [1.82, 2.24) is 4.90 Å². The Morgan fingerprint density at radius 3 is 2.30 bits per heavy atom. The van der Waals surface area contributed by atoms with E-state index >= 15 is 0 Å². The Bertz CT molecular complexity index is 859. The quantitative estimate of drug-likeness (QED) is 0.636. The summed E-state index contributed by atoms with van der Waals surface area (Å²) in [4.78, 5) is 27.3. The number of amides is 1. The van der Waals surface area contributed by atoms with Crippen LogP contribution < -0.4 is 19.5 Å². The molecule has 1 heterocycles. The summed E-state index contributed by atoms with van der Waals surface area (Å²) in [6.07, 6.45) is 2.31. The predicted molar refractivity (Wildman–Crippen MR) is 115 cm³/mol. The van der Waals surface area contributed by atoms with E-state index in [9.17, 15) is 9.59 Å². The number of nitrogens with zero attached hydrogens (tertiary/aromatic N) is 1. The minimum Gasteiger partial charge on any atom is -0.493 e. The second kappa shape index (κ2) is 10.1. The van der Waals surface area contributed by atoms with E-state index in [2.05, 4.69) is 10.2 Å². The zero-order chi connectivity index (χ0) is 21.5. The minimum absolute atomic E-state index is 0.0726. The number of nitrogens with one attached hydrogen (secondary N) is 1. The third-order valence-corrected chi connectivity index (χ3v) is 5.31. The van der Waals surface area contributed by atoms with Crippen LogP contribution in [0.5, 0.6) is 17.2 Å². The summed E-state index contributed by atoms with van der Waals surface area (Å²) in [7, 11) is 4.59. The molecule has 1 aliphatic heterocycles. The van der Waals surface area contributed by atoms with Gasteiger partial charge in [-0.1, -0.05) is 30.3 Å². The maximum Gasteiger partial charge on any atom is 0.238 e. The first-order valence-electron chi connectivity index (χ1n) is 9.98. The van der Waals surface area contributed by atoms with Crippen LogP contribution in [0.3, 0.4) is 0 Å². The SMILES string of the molecule is COc1cc(NC(=O)CN2CCCC2CC(=O)c2ccccc2)cc(OC)c1OC. The van der Waals surface area contributed by atoms with E-state index < -0.39 is 0 Å². The van der Waals surface area contributed by atoms with Gasteiger partial charge in [-0.05, 0) is 19.4 Å². The highest BCUT2D eigenvalue weighted by molar-refractivity contribution is 5.96. The first-order valence-corrected chi connectivity index (χ1v) is 9.98. The molecule has 0 saturated carbocycles.